The molecule has 0 aromatic heterocycles. The molecule has 0 aliphatic heterocycles. The van der Waals surface area contributed by atoms with Gasteiger partial charge >= 0.3 is 0 Å². The lowest BCUT2D eigenvalue weighted by molar-refractivity contribution is -0.112. The molecular weight excluding hydrogens is 386 g/mol. The van der Waals surface area contributed by atoms with Gasteiger partial charge in [0.15, 0.2) is 29.1 Å². The molecule has 27 heavy (non-hydrogen) atoms. The van der Waals surface area contributed by atoms with Gasteiger partial charge < -0.3 is 0 Å². The van der Waals surface area contributed by atoms with Crippen LogP contribution >= 0.6 is 0 Å². The molecule has 144 valence electrons. The number of allylic oxidation sites excluding steroid dienone is 1. The first kappa shape index (κ1) is 20.8. The number of carbonyl (C=O) groups excluding carboxylic acids is 1. The highest BCUT2D eigenvalue weighted by molar-refractivity contribution is 7.89. The number of carbonyl (C=O) groups is 1. The van der Waals surface area contributed by atoms with Gasteiger partial charge in [-0.05, 0) is 24.1 Å². The first-order valence-electron chi connectivity index (χ1n) is 7.61. The van der Waals surface area contributed by atoms with Crippen molar-refractivity contribution >= 4 is 21.9 Å². The Morgan fingerprint density at radius 1 is 1.04 bits per heavy atom. The second kappa shape index (κ2) is 8.01. The minimum absolute atomic E-state index is 0.106. The molecule has 0 saturated carbocycles. The molecule has 2 rings (SSSR count). The van der Waals surface area contributed by atoms with Crippen molar-refractivity contribution in [1.82, 2.24) is 4.31 Å². The molecule has 0 spiro atoms. The molecule has 0 amide bonds. The Kier molecular flexibility index (Phi) is 6.17. The van der Waals surface area contributed by atoms with E-state index in [0.717, 1.165) is 7.05 Å². The fourth-order valence-corrected chi connectivity index (χ4v) is 3.42. The van der Waals surface area contributed by atoms with E-state index in [4.69, 9.17) is 0 Å². The average molecular weight is 401 g/mol. The van der Waals surface area contributed by atoms with Crippen LogP contribution in [0.4, 0.5) is 17.6 Å². The van der Waals surface area contributed by atoms with E-state index in [9.17, 15) is 30.8 Å². The van der Waals surface area contributed by atoms with Gasteiger partial charge in [0.2, 0.25) is 10.0 Å². The number of rotatable bonds is 6. The average Bonchev–Trinajstić information content (AvgIpc) is 2.62. The number of nitrogens with zero attached hydrogens (tertiary/aromatic N) is 1. The first-order valence-corrected chi connectivity index (χ1v) is 9.05. The van der Waals surface area contributed by atoms with Crippen molar-refractivity contribution in [3.05, 3.63) is 70.8 Å². The summed E-state index contributed by atoms with van der Waals surface area (Å²) in [6.45, 7) is 1.17. The minimum atomic E-state index is -4.61. The highest BCUT2D eigenvalue weighted by atomic mass is 32.2. The quantitative estimate of drug-likeness (QED) is 0.321. The Hall–Kier alpha value is -2.52. The number of hydrogen-bond acceptors (Lipinski definition) is 3. The molecule has 2 aromatic carbocycles. The summed E-state index contributed by atoms with van der Waals surface area (Å²) >= 11 is 0. The number of sulfonamides is 1. The van der Waals surface area contributed by atoms with E-state index in [0.29, 0.717) is 15.4 Å². The first-order chi connectivity index (χ1) is 12.5. The monoisotopic (exact) mass is 401 g/mol. The molecule has 0 saturated heterocycles. The van der Waals surface area contributed by atoms with Crippen LogP contribution in [0.2, 0.25) is 0 Å². The smallest absolute Gasteiger partial charge is 0.246 e. The van der Waals surface area contributed by atoms with Crippen molar-refractivity contribution in [3.63, 3.8) is 0 Å². The van der Waals surface area contributed by atoms with E-state index >= 15 is 0 Å². The van der Waals surface area contributed by atoms with Gasteiger partial charge in [-0.3, -0.25) is 4.79 Å². The van der Waals surface area contributed by atoms with Gasteiger partial charge in [-0.25, -0.2) is 26.0 Å². The highest BCUT2D eigenvalue weighted by Gasteiger charge is 2.30. The third kappa shape index (κ3) is 4.61. The summed E-state index contributed by atoms with van der Waals surface area (Å²) in [6, 6.07) is 6.53. The molecule has 0 heterocycles. The maximum atomic E-state index is 13.8. The fraction of sp³-hybridized carbons (Fsp3) is 0.167. The lowest BCUT2D eigenvalue weighted by Gasteiger charge is -2.18. The molecule has 0 radical (unpaired) electrons. The third-order valence-corrected chi connectivity index (χ3v) is 5.46. The summed E-state index contributed by atoms with van der Waals surface area (Å²) in [5, 5.41) is 0. The Balaban J connectivity index is 2.27. The lowest BCUT2D eigenvalue weighted by Crippen LogP contribution is -2.28. The molecule has 0 N–H and O–H groups in total. The molecule has 0 unspecified atom stereocenters. The van der Waals surface area contributed by atoms with Crippen LogP contribution in [0.3, 0.4) is 0 Å². The van der Waals surface area contributed by atoms with Gasteiger partial charge in [0.25, 0.3) is 0 Å². The second-order valence-electron chi connectivity index (χ2n) is 5.75. The zero-order chi connectivity index (χ0) is 20.4. The molecule has 9 heteroatoms. The van der Waals surface area contributed by atoms with Gasteiger partial charge in [0.1, 0.15) is 4.90 Å². The Morgan fingerprint density at radius 3 is 2.19 bits per heavy atom. The topological polar surface area (TPSA) is 54.5 Å². The van der Waals surface area contributed by atoms with E-state index < -0.39 is 38.2 Å². The summed E-state index contributed by atoms with van der Waals surface area (Å²) in [5.74, 6) is -8.19. The normalized spacial score (nSPS) is 12.1. The van der Waals surface area contributed by atoms with E-state index in [2.05, 4.69) is 0 Å². The molecule has 0 aliphatic carbocycles. The van der Waals surface area contributed by atoms with Crippen LogP contribution in [0.15, 0.2) is 41.3 Å². The maximum Gasteiger partial charge on any atom is 0.246 e. The molecule has 0 atom stereocenters. The van der Waals surface area contributed by atoms with E-state index in [-0.39, 0.29) is 18.4 Å². The zero-order valence-corrected chi connectivity index (χ0v) is 15.2. The van der Waals surface area contributed by atoms with Gasteiger partial charge in [-0.15, -0.1) is 0 Å². The van der Waals surface area contributed by atoms with Gasteiger partial charge in [-0.2, -0.15) is 4.31 Å². The van der Waals surface area contributed by atoms with Crippen LogP contribution in [0.1, 0.15) is 18.1 Å². The Bertz CT molecular complexity index is 1000. The predicted octanol–water partition coefficient (Wildman–Crippen LogP) is 3.67. The molecule has 0 bridgehead atoms. The van der Waals surface area contributed by atoms with Crippen molar-refractivity contribution in [2.75, 3.05) is 7.05 Å². The van der Waals surface area contributed by atoms with Crippen molar-refractivity contribution in [2.45, 2.75) is 18.4 Å². The maximum absolute atomic E-state index is 13.8. The summed E-state index contributed by atoms with van der Waals surface area (Å²) in [4.78, 5) is 9.61. The largest absolute Gasteiger partial charge is 0.295 e. The van der Waals surface area contributed by atoms with Crippen molar-refractivity contribution in [1.29, 1.82) is 0 Å². The summed E-state index contributed by atoms with van der Waals surface area (Å²) in [7, 11) is -3.51. The molecule has 2 aromatic rings. The van der Waals surface area contributed by atoms with E-state index in [1.807, 2.05) is 0 Å². The SMILES string of the molecule is CC(=O)/C=C/c1ccc(CN(C)S(=O)(=O)c2cc(F)c(F)c(F)c2F)cc1. The summed E-state index contributed by atoms with van der Waals surface area (Å²) in [5.41, 5.74) is 1.21. The van der Waals surface area contributed by atoms with Crippen LogP contribution in [-0.2, 0) is 21.4 Å². The Morgan fingerprint density at radius 2 is 1.63 bits per heavy atom. The molecule has 0 aliphatic rings. The van der Waals surface area contributed by atoms with Gasteiger partial charge in [0.05, 0.1) is 0 Å². The van der Waals surface area contributed by atoms with Crippen LogP contribution in [0, 0.1) is 23.3 Å². The number of halogens is 4. The van der Waals surface area contributed by atoms with Gasteiger partial charge in [-0.1, -0.05) is 30.3 Å². The fourth-order valence-electron chi connectivity index (χ4n) is 2.20. The summed E-state index contributed by atoms with van der Waals surface area (Å²) < 4.78 is 79.0. The predicted molar refractivity (Wildman–Crippen MR) is 91.1 cm³/mol. The molecule has 4 nitrogen and oxygen atoms in total. The lowest BCUT2D eigenvalue weighted by atomic mass is 10.1. The van der Waals surface area contributed by atoms with Crippen LogP contribution in [0.25, 0.3) is 6.08 Å². The number of hydrogen-bond donors (Lipinski definition) is 0. The van der Waals surface area contributed by atoms with Crippen molar-refractivity contribution < 1.29 is 30.8 Å². The van der Waals surface area contributed by atoms with Crippen LogP contribution in [0.5, 0.6) is 0 Å². The number of benzene rings is 2. The number of ketones is 1. The van der Waals surface area contributed by atoms with Gasteiger partial charge in [0, 0.05) is 19.7 Å². The van der Waals surface area contributed by atoms with Crippen molar-refractivity contribution in [2.24, 2.45) is 0 Å². The zero-order valence-electron chi connectivity index (χ0n) is 14.3. The standard InChI is InChI=1S/C18H15F4NO3S/c1-11(24)3-4-12-5-7-13(8-6-12)10-23(2)27(25,26)15-9-14(19)16(20)18(22)17(15)21/h3-9H,10H2,1-2H3/b4-3+. The van der Waals surface area contributed by atoms with E-state index in [1.54, 1.807) is 30.3 Å². The summed E-state index contributed by atoms with van der Waals surface area (Å²) in [6.07, 6.45) is 2.94. The Labute approximate surface area is 153 Å². The van der Waals surface area contributed by atoms with Crippen molar-refractivity contribution in [3.8, 4) is 0 Å². The molecular formula is C18H15F4NO3S. The highest BCUT2D eigenvalue weighted by Crippen LogP contribution is 2.25. The van der Waals surface area contributed by atoms with Crippen LogP contribution < -0.4 is 0 Å². The third-order valence-electron chi connectivity index (χ3n) is 3.65. The minimum Gasteiger partial charge on any atom is -0.295 e. The second-order valence-corrected chi connectivity index (χ2v) is 7.76. The molecule has 0 fully saturated rings. The van der Waals surface area contributed by atoms with E-state index in [1.165, 1.54) is 13.0 Å². The van der Waals surface area contributed by atoms with Crippen LogP contribution in [-0.4, -0.2) is 25.6 Å².